The smallest absolute Gasteiger partial charge is 0.0644 e. The van der Waals surface area contributed by atoms with Crippen LogP contribution in [0.2, 0.25) is 0 Å². The minimum absolute atomic E-state index is 0.677. The molecule has 0 aliphatic rings. The summed E-state index contributed by atoms with van der Waals surface area (Å²) < 4.78 is 4.86. The Balaban J connectivity index is 0. The van der Waals surface area contributed by atoms with Gasteiger partial charge in [0, 0.05) is 6.61 Å². The van der Waals surface area contributed by atoms with E-state index in [-0.39, 0.29) is 0 Å². The van der Waals surface area contributed by atoms with Gasteiger partial charge in [-0.15, -0.1) is 13.2 Å². The fourth-order valence-corrected chi connectivity index (χ4v) is 0.201. The summed E-state index contributed by atoms with van der Waals surface area (Å²) in [5.74, 6) is 0. The van der Waals surface area contributed by atoms with E-state index in [1.54, 1.807) is 12.2 Å². The Labute approximate surface area is 58.0 Å². The zero-order valence-corrected chi connectivity index (χ0v) is 6.39. The van der Waals surface area contributed by atoms with Crippen LogP contribution in [0.25, 0.3) is 0 Å². The van der Waals surface area contributed by atoms with Crippen molar-refractivity contribution in [3.05, 3.63) is 25.3 Å². The van der Waals surface area contributed by atoms with Gasteiger partial charge in [-0.25, -0.2) is 0 Å². The first-order valence-corrected chi connectivity index (χ1v) is 3.09. The van der Waals surface area contributed by atoms with E-state index in [0.29, 0.717) is 6.61 Å². The molecule has 1 heteroatoms. The Hall–Kier alpha value is -0.560. The molecule has 54 valence electrons. The molecule has 9 heavy (non-hydrogen) atoms. The van der Waals surface area contributed by atoms with E-state index in [9.17, 15) is 0 Å². The van der Waals surface area contributed by atoms with E-state index in [1.807, 2.05) is 13.8 Å². The Morgan fingerprint density at radius 1 is 1.44 bits per heavy atom. The van der Waals surface area contributed by atoms with Gasteiger partial charge in [-0.2, -0.15) is 0 Å². The normalized spacial score (nSPS) is 6.89. The third-order valence-corrected chi connectivity index (χ3v) is 0.440. The largest absolute Gasteiger partial charge is 0.378 e. The van der Waals surface area contributed by atoms with Gasteiger partial charge in [0.1, 0.15) is 0 Å². The molecule has 0 aliphatic carbocycles. The highest BCUT2D eigenvalue weighted by Crippen LogP contribution is 1.69. The lowest BCUT2D eigenvalue weighted by Crippen LogP contribution is -1.86. The van der Waals surface area contributed by atoms with Gasteiger partial charge in [-0.3, -0.25) is 0 Å². The standard InChI is InChI=1S/C5H10O.C3H6/c1-3-5-6-4-2;1-3-2/h3H,1,4-5H2,2H3;3H,1H2,2H3. The number of rotatable bonds is 3. The minimum atomic E-state index is 0.677. The van der Waals surface area contributed by atoms with Crippen molar-refractivity contribution in [1.82, 2.24) is 0 Å². The summed E-state index contributed by atoms with van der Waals surface area (Å²) >= 11 is 0. The van der Waals surface area contributed by atoms with Gasteiger partial charge in [0.25, 0.3) is 0 Å². The third kappa shape index (κ3) is 37.0. The molecule has 0 aromatic carbocycles. The molecule has 0 spiro atoms. The van der Waals surface area contributed by atoms with Crippen molar-refractivity contribution in [3.8, 4) is 0 Å². The first kappa shape index (κ1) is 11.3. The van der Waals surface area contributed by atoms with E-state index in [0.717, 1.165) is 6.61 Å². The second-order valence-electron chi connectivity index (χ2n) is 1.36. The van der Waals surface area contributed by atoms with Crippen LogP contribution in [0.4, 0.5) is 0 Å². The fourth-order valence-electron chi connectivity index (χ4n) is 0.201. The number of hydrogen-bond donors (Lipinski definition) is 0. The Kier molecular flexibility index (Phi) is 19.6. The van der Waals surface area contributed by atoms with Gasteiger partial charge in [-0.1, -0.05) is 12.2 Å². The molecule has 0 N–H and O–H groups in total. The summed E-state index contributed by atoms with van der Waals surface area (Å²) in [4.78, 5) is 0. The summed E-state index contributed by atoms with van der Waals surface area (Å²) in [6, 6.07) is 0. The van der Waals surface area contributed by atoms with Crippen molar-refractivity contribution in [2.24, 2.45) is 0 Å². The molecule has 0 unspecified atom stereocenters. The topological polar surface area (TPSA) is 9.23 Å². The van der Waals surface area contributed by atoms with Crippen molar-refractivity contribution in [3.63, 3.8) is 0 Å². The molecule has 0 saturated heterocycles. The second kappa shape index (κ2) is 15.7. The number of hydrogen-bond acceptors (Lipinski definition) is 1. The summed E-state index contributed by atoms with van der Waals surface area (Å²) in [5, 5.41) is 0. The first-order chi connectivity index (χ1) is 4.33. The lowest BCUT2D eigenvalue weighted by molar-refractivity contribution is 0.178. The summed E-state index contributed by atoms with van der Waals surface area (Å²) in [5.41, 5.74) is 0. The number of allylic oxidation sites excluding steroid dienone is 1. The molecular weight excluding hydrogens is 112 g/mol. The maximum absolute atomic E-state index is 4.86. The fraction of sp³-hybridized carbons (Fsp3) is 0.500. The molecule has 0 heterocycles. The first-order valence-electron chi connectivity index (χ1n) is 3.09. The van der Waals surface area contributed by atoms with E-state index >= 15 is 0 Å². The van der Waals surface area contributed by atoms with Crippen LogP contribution in [0, 0.1) is 0 Å². The average Bonchev–Trinajstić information content (AvgIpc) is 1.86. The van der Waals surface area contributed by atoms with Crippen LogP contribution in [-0.2, 0) is 4.74 Å². The molecule has 0 saturated carbocycles. The molecule has 0 atom stereocenters. The second-order valence-corrected chi connectivity index (χ2v) is 1.36. The van der Waals surface area contributed by atoms with Crippen molar-refractivity contribution in [2.45, 2.75) is 13.8 Å². The van der Waals surface area contributed by atoms with Crippen LogP contribution in [-0.4, -0.2) is 13.2 Å². The Bertz CT molecular complexity index is 57.6. The van der Waals surface area contributed by atoms with Crippen LogP contribution in [0.3, 0.4) is 0 Å². The highest BCUT2D eigenvalue weighted by molar-refractivity contribution is 4.62. The molecule has 0 radical (unpaired) electrons. The zero-order chi connectivity index (χ0) is 7.54. The zero-order valence-electron chi connectivity index (χ0n) is 6.39. The van der Waals surface area contributed by atoms with Crippen molar-refractivity contribution in [2.75, 3.05) is 13.2 Å². The summed E-state index contributed by atoms with van der Waals surface area (Å²) in [6.07, 6.45) is 3.49. The van der Waals surface area contributed by atoms with Gasteiger partial charge in [0.2, 0.25) is 0 Å². The molecule has 0 rings (SSSR count). The van der Waals surface area contributed by atoms with Crippen LogP contribution in [0.15, 0.2) is 25.3 Å². The van der Waals surface area contributed by atoms with Crippen molar-refractivity contribution >= 4 is 0 Å². The van der Waals surface area contributed by atoms with E-state index in [1.165, 1.54) is 0 Å². The molecule has 0 aliphatic heterocycles. The maximum atomic E-state index is 4.86. The van der Waals surface area contributed by atoms with Gasteiger partial charge in [0.05, 0.1) is 6.61 Å². The van der Waals surface area contributed by atoms with Crippen LogP contribution < -0.4 is 0 Å². The van der Waals surface area contributed by atoms with Crippen molar-refractivity contribution in [1.29, 1.82) is 0 Å². The lowest BCUT2D eigenvalue weighted by Gasteiger charge is -1.88. The van der Waals surface area contributed by atoms with E-state index in [2.05, 4.69) is 13.2 Å². The Morgan fingerprint density at radius 2 is 1.89 bits per heavy atom. The quantitative estimate of drug-likeness (QED) is 0.419. The highest BCUT2D eigenvalue weighted by Gasteiger charge is 1.67. The number of ether oxygens (including phenoxy) is 1. The van der Waals surface area contributed by atoms with Gasteiger partial charge < -0.3 is 4.74 Å². The van der Waals surface area contributed by atoms with Crippen LogP contribution in [0.1, 0.15) is 13.8 Å². The molecule has 0 fully saturated rings. The van der Waals surface area contributed by atoms with Crippen LogP contribution >= 0.6 is 0 Å². The summed E-state index contributed by atoms with van der Waals surface area (Å²) in [7, 11) is 0. The SMILES string of the molecule is C=CC.C=CCOCC. The lowest BCUT2D eigenvalue weighted by atomic mass is 10.7. The molecule has 0 bridgehead atoms. The predicted molar refractivity (Wildman–Crippen MR) is 42.6 cm³/mol. The summed E-state index contributed by atoms with van der Waals surface area (Å²) in [6.45, 7) is 12.1. The third-order valence-electron chi connectivity index (χ3n) is 0.440. The van der Waals surface area contributed by atoms with Gasteiger partial charge in [-0.05, 0) is 13.8 Å². The van der Waals surface area contributed by atoms with Gasteiger partial charge >= 0.3 is 0 Å². The molecule has 0 amide bonds. The highest BCUT2D eigenvalue weighted by atomic mass is 16.5. The molecule has 1 nitrogen and oxygen atoms in total. The predicted octanol–water partition coefficient (Wildman–Crippen LogP) is 2.40. The van der Waals surface area contributed by atoms with Gasteiger partial charge in [0.15, 0.2) is 0 Å². The minimum Gasteiger partial charge on any atom is -0.378 e. The van der Waals surface area contributed by atoms with E-state index < -0.39 is 0 Å². The monoisotopic (exact) mass is 128 g/mol. The molecule has 0 aromatic rings. The molecular formula is C8H16O. The Morgan fingerprint density at radius 3 is 2.00 bits per heavy atom. The average molecular weight is 128 g/mol. The van der Waals surface area contributed by atoms with E-state index in [4.69, 9.17) is 4.74 Å². The van der Waals surface area contributed by atoms with Crippen LogP contribution in [0.5, 0.6) is 0 Å². The van der Waals surface area contributed by atoms with Crippen molar-refractivity contribution < 1.29 is 4.74 Å². The molecule has 0 aromatic heterocycles. The maximum Gasteiger partial charge on any atom is 0.0644 e.